The van der Waals surface area contributed by atoms with Crippen LogP contribution in [0.4, 0.5) is 0 Å². The maximum Gasteiger partial charge on any atom is 0.420 e. The van der Waals surface area contributed by atoms with Gasteiger partial charge in [0, 0.05) is 36.1 Å². The van der Waals surface area contributed by atoms with Crippen molar-refractivity contribution in [3.05, 3.63) is 45.9 Å². The van der Waals surface area contributed by atoms with E-state index < -0.39 is 5.76 Å². The first kappa shape index (κ1) is 18.2. The fourth-order valence-electron chi connectivity index (χ4n) is 5.21. The van der Waals surface area contributed by atoms with Crippen LogP contribution in [0, 0.1) is 5.41 Å². The second-order valence-corrected chi connectivity index (χ2v) is 9.37. The van der Waals surface area contributed by atoms with Crippen molar-refractivity contribution in [2.45, 2.75) is 50.6 Å². The summed E-state index contributed by atoms with van der Waals surface area (Å²) in [5.41, 5.74) is 1.07. The zero-order chi connectivity index (χ0) is 20.5. The molecule has 1 amide bonds. The molecule has 2 saturated carbocycles. The van der Waals surface area contributed by atoms with Gasteiger partial charge in [0.25, 0.3) is 0 Å². The van der Waals surface area contributed by atoms with E-state index in [4.69, 9.17) is 16.0 Å². The van der Waals surface area contributed by atoms with Gasteiger partial charge in [-0.25, -0.2) is 4.79 Å². The lowest BCUT2D eigenvalue weighted by atomic mass is 9.62. The minimum absolute atomic E-state index is 0.0361. The smallest absolute Gasteiger partial charge is 0.408 e. The van der Waals surface area contributed by atoms with Crippen LogP contribution >= 0.6 is 11.6 Å². The van der Waals surface area contributed by atoms with Crippen LogP contribution in [0.15, 0.2) is 33.7 Å². The number of likely N-dealkylation sites (tertiary alicyclic amines) is 1. The van der Waals surface area contributed by atoms with Gasteiger partial charge in [-0.15, -0.1) is 10.2 Å². The van der Waals surface area contributed by atoms with Crippen molar-refractivity contribution in [1.82, 2.24) is 24.2 Å². The van der Waals surface area contributed by atoms with E-state index in [2.05, 4.69) is 14.8 Å². The molecule has 2 aliphatic carbocycles. The molecule has 1 aliphatic heterocycles. The lowest BCUT2D eigenvalue weighted by Gasteiger charge is -2.42. The fraction of sp³-hybridized carbons (Fsp3) is 0.524. The normalized spacial score (nSPS) is 22.7. The number of oxazole rings is 1. The van der Waals surface area contributed by atoms with Crippen LogP contribution in [-0.2, 0) is 11.3 Å². The summed E-state index contributed by atoms with van der Waals surface area (Å²) in [6.07, 6.45) is 7.58. The minimum atomic E-state index is -0.539. The number of rotatable bonds is 4. The lowest BCUT2D eigenvalue weighted by molar-refractivity contribution is -0.131. The molecule has 30 heavy (non-hydrogen) atoms. The molecule has 1 aromatic carbocycles. The first-order valence-electron chi connectivity index (χ1n) is 10.5. The highest BCUT2D eigenvalue weighted by molar-refractivity contribution is 6.31. The molecule has 0 N–H and O–H groups in total. The molecule has 156 valence electrons. The number of halogens is 1. The molecule has 1 atom stereocenters. The Bertz CT molecular complexity index is 1200. The average molecular weight is 428 g/mol. The van der Waals surface area contributed by atoms with E-state index in [9.17, 15) is 9.59 Å². The predicted octanol–water partition coefficient (Wildman–Crippen LogP) is 2.97. The Hall–Kier alpha value is -2.61. The van der Waals surface area contributed by atoms with Crippen molar-refractivity contribution in [3.63, 3.8) is 0 Å². The molecule has 9 heteroatoms. The Morgan fingerprint density at radius 1 is 1.30 bits per heavy atom. The molecule has 0 radical (unpaired) electrons. The van der Waals surface area contributed by atoms with Gasteiger partial charge in [-0.05, 0) is 43.2 Å². The number of aromatic nitrogens is 4. The molecular formula is C21H22ClN5O3. The molecule has 0 bridgehead atoms. The molecule has 1 unspecified atom stereocenters. The third-order valence-electron chi connectivity index (χ3n) is 7.13. The summed E-state index contributed by atoms with van der Waals surface area (Å²) in [4.78, 5) is 27.4. The van der Waals surface area contributed by atoms with Crippen LogP contribution in [0.1, 0.15) is 49.9 Å². The quantitative estimate of drug-likeness (QED) is 0.638. The minimum Gasteiger partial charge on any atom is -0.408 e. The Labute approximate surface area is 177 Å². The molecule has 3 aromatic rings. The van der Waals surface area contributed by atoms with Gasteiger partial charge in [-0.1, -0.05) is 18.0 Å². The van der Waals surface area contributed by atoms with Crippen molar-refractivity contribution in [2.24, 2.45) is 5.41 Å². The van der Waals surface area contributed by atoms with Gasteiger partial charge in [-0.2, -0.15) is 0 Å². The summed E-state index contributed by atoms with van der Waals surface area (Å²) in [5, 5.41) is 9.13. The van der Waals surface area contributed by atoms with Crippen molar-refractivity contribution >= 4 is 28.6 Å². The van der Waals surface area contributed by atoms with Crippen molar-refractivity contribution in [2.75, 3.05) is 13.1 Å². The first-order valence-corrected chi connectivity index (χ1v) is 10.9. The predicted molar refractivity (Wildman–Crippen MR) is 109 cm³/mol. The number of hydrogen-bond donors (Lipinski definition) is 0. The van der Waals surface area contributed by atoms with Crippen LogP contribution in [0.25, 0.3) is 11.1 Å². The number of fused-ring (bicyclic) bond motifs is 1. The van der Waals surface area contributed by atoms with Crippen molar-refractivity contribution in [1.29, 1.82) is 0 Å². The monoisotopic (exact) mass is 427 g/mol. The highest BCUT2D eigenvalue weighted by Crippen LogP contribution is 2.56. The Morgan fingerprint density at radius 3 is 2.87 bits per heavy atom. The van der Waals surface area contributed by atoms with E-state index in [1.165, 1.54) is 23.8 Å². The number of nitrogens with zero attached hydrogens (tertiary/aromatic N) is 5. The van der Waals surface area contributed by atoms with Crippen LogP contribution in [-0.4, -0.2) is 43.2 Å². The van der Waals surface area contributed by atoms with Crippen LogP contribution in [0.5, 0.6) is 0 Å². The molecule has 8 nitrogen and oxygen atoms in total. The SMILES string of the molecule is O=C(Cn1c(=O)oc2cc(Cl)ccc21)N1CC(c2nncn2C2CC2)C2(CCC2)C1. The van der Waals surface area contributed by atoms with Gasteiger partial charge < -0.3 is 13.9 Å². The molecule has 1 saturated heterocycles. The Morgan fingerprint density at radius 2 is 2.13 bits per heavy atom. The second-order valence-electron chi connectivity index (χ2n) is 8.94. The molecule has 6 rings (SSSR count). The van der Waals surface area contributed by atoms with E-state index in [-0.39, 0.29) is 23.8 Å². The summed E-state index contributed by atoms with van der Waals surface area (Å²) in [7, 11) is 0. The van der Waals surface area contributed by atoms with Gasteiger partial charge in [0.15, 0.2) is 5.58 Å². The van der Waals surface area contributed by atoms with Gasteiger partial charge in [0.1, 0.15) is 18.7 Å². The zero-order valence-electron chi connectivity index (χ0n) is 16.5. The van der Waals surface area contributed by atoms with Gasteiger partial charge in [0.05, 0.1) is 5.52 Å². The van der Waals surface area contributed by atoms with Crippen molar-refractivity contribution < 1.29 is 9.21 Å². The van der Waals surface area contributed by atoms with Crippen LogP contribution in [0.3, 0.4) is 0 Å². The van der Waals surface area contributed by atoms with Gasteiger partial charge in [0.2, 0.25) is 5.91 Å². The summed E-state index contributed by atoms with van der Waals surface area (Å²) in [6.45, 7) is 1.30. The van der Waals surface area contributed by atoms with Crippen LogP contribution < -0.4 is 5.76 Å². The van der Waals surface area contributed by atoms with E-state index in [0.717, 1.165) is 18.7 Å². The highest BCUT2D eigenvalue weighted by atomic mass is 35.5. The summed E-state index contributed by atoms with van der Waals surface area (Å²) in [5.74, 6) is 0.618. The summed E-state index contributed by atoms with van der Waals surface area (Å²) >= 11 is 5.99. The number of carbonyl (C=O) groups is 1. The zero-order valence-corrected chi connectivity index (χ0v) is 17.2. The highest BCUT2D eigenvalue weighted by Gasteiger charge is 2.54. The summed E-state index contributed by atoms with van der Waals surface area (Å²) in [6, 6.07) is 5.52. The fourth-order valence-corrected chi connectivity index (χ4v) is 5.37. The number of benzene rings is 1. The average Bonchev–Trinajstić information content (AvgIpc) is 3.15. The van der Waals surface area contributed by atoms with E-state index in [0.29, 0.717) is 35.3 Å². The Balaban J connectivity index is 1.28. The second kappa shape index (κ2) is 6.44. The molecule has 2 aromatic heterocycles. The molecule has 3 aliphatic rings. The number of carbonyl (C=O) groups excluding carboxylic acids is 1. The first-order chi connectivity index (χ1) is 14.5. The van der Waals surface area contributed by atoms with Gasteiger partial charge in [-0.3, -0.25) is 9.36 Å². The third-order valence-corrected chi connectivity index (χ3v) is 7.36. The maximum absolute atomic E-state index is 13.2. The number of amides is 1. The van der Waals surface area contributed by atoms with E-state index in [1.54, 1.807) is 18.2 Å². The maximum atomic E-state index is 13.2. The summed E-state index contributed by atoms with van der Waals surface area (Å²) < 4.78 is 8.89. The topological polar surface area (TPSA) is 86.2 Å². The Kier molecular flexibility index (Phi) is 3.90. The molecule has 3 fully saturated rings. The third kappa shape index (κ3) is 2.73. The standard InChI is InChI=1S/C21H22ClN5O3/c22-13-2-5-16-17(8-13)30-20(29)26(16)10-18(28)25-9-15(21(11-25)6-1-7-21)19-24-23-12-27(19)14-3-4-14/h2,5,8,12,14-15H,1,3-4,6-7,9-11H2. The van der Waals surface area contributed by atoms with Crippen molar-refractivity contribution in [3.8, 4) is 0 Å². The lowest BCUT2D eigenvalue weighted by Crippen LogP contribution is -2.39. The largest absolute Gasteiger partial charge is 0.420 e. The van der Waals surface area contributed by atoms with Gasteiger partial charge >= 0.3 is 5.76 Å². The van der Waals surface area contributed by atoms with E-state index in [1.807, 2.05) is 11.2 Å². The molecule has 1 spiro atoms. The molecule has 3 heterocycles. The van der Waals surface area contributed by atoms with E-state index >= 15 is 0 Å². The molecular weight excluding hydrogens is 406 g/mol. The van der Waals surface area contributed by atoms with Crippen LogP contribution in [0.2, 0.25) is 5.02 Å². The number of hydrogen-bond acceptors (Lipinski definition) is 5.